The Bertz CT molecular complexity index is 1720. The molecule has 6 rings (SSSR count). The molecule has 10 heteroatoms. The number of hydrogen-bond donors (Lipinski definition) is 1. The van der Waals surface area contributed by atoms with E-state index in [0.717, 1.165) is 28.7 Å². The van der Waals surface area contributed by atoms with Crippen molar-refractivity contribution < 1.29 is 19.4 Å². The normalized spacial score (nSPS) is 16.5. The average Bonchev–Trinajstić information content (AvgIpc) is 3.03. The number of amides is 1. The molecular formula is C33H32N6O4. The van der Waals surface area contributed by atoms with Gasteiger partial charge < -0.3 is 24.5 Å². The molecule has 1 N–H and O–H groups in total. The van der Waals surface area contributed by atoms with Gasteiger partial charge in [-0.15, -0.1) is 0 Å². The SMILES string of the molecule is Cc1cccc2cccc(N3CCc4c(nc(C(=O)O)nc4N4CCN(C(=O)OCc5ccccc5)C(CC#N)C4)C3)c12. The van der Waals surface area contributed by atoms with Gasteiger partial charge in [-0.2, -0.15) is 5.26 Å². The van der Waals surface area contributed by atoms with E-state index in [1.54, 1.807) is 4.90 Å². The largest absolute Gasteiger partial charge is 0.475 e. The fourth-order valence-electron chi connectivity index (χ4n) is 6.11. The Morgan fingerprint density at radius 1 is 1.00 bits per heavy atom. The first-order valence-corrected chi connectivity index (χ1v) is 14.4. The molecule has 1 fully saturated rings. The third kappa shape index (κ3) is 5.66. The van der Waals surface area contributed by atoms with Gasteiger partial charge >= 0.3 is 12.1 Å². The van der Waals surface area contributed by atoms with Crippen molar-refractivity contribution in [3.05, 3.63) is 94.9 Å². The van der Waals surface area contributed by atoms with Gasteiger partial charge in [0.05, 0.1) is 30.8 Å². The lowest BCUT2D eigenvalue weighted by atomic mass is 9.99. The summed E-state index contributed by atoms with van der Waals surface area (Å²) in [5, 5.41) is 21.8. The summed E-state index contributed by atoms with van der Waals surface area (Å²) in [6.07, 6.45) is 0.278. The minimum absolute atomic E-state index is 0.115. The highest BCUT2D eigenvalue weighted by Crippen LogP contribution is 2.35. The molecule has 3 aromatic carbocycles. The number of ether oxygens (including phenoxy) is 1. The number of rotatable bonds is 6. The van der Waals surface area contributed by atoms with Gasteiger partial charge in [0, 0.05) is 42.8 Å². The number of nitriles is 1. The van der Waals surface area contributed by atoms with Crippen LogP contribution in [0, 0.1) is 18.3 Å². The van der Waals surface area contributed by atoms with Crippen molar-refractivity contribution in [1.82, 2.24) is 14.9 Å². The van der Waals surface area contributed by atoms with Gasteiger partial charge in [0.25, 0.3) is 0 Å². The summed E-state index contributed by atoms with van der Waals surface area (Å²) in [6.45, 7) is 4.50. The standard InChI is InChI=1S/C33H32N6O4/c1-22-7-5-10-24-11-6-12-28(29(22)24)37-16-14-26-27(20-37)35-30(32(40)41)36-31(26)38-17-18-39(25(19-38)13-15-34)33(42)43-21-23-8-3-2-4-9-23/h2-12,25H,13-14,16-21H2,1H3,(H,40,41). The number of aromatic nitrogens is 2. The molecule has 3 heterocycles. The van der Waals surface area contributed by atoms with Crippen LogP contribution in [0.25, 0.3) is 10.8 Å². The van der Waals surface area contributed by atoms with Crippen LogP contribution < -0.4 is 9.80 Å². The quantitative estimate of drug-likeness (QED) is 0.340. The molecule has 1 saturated heterocycles. The summed E-state index contributed by atoms with van der Waals surface area (Å²) >= 11 is 0. The van der Waals surface area contributed by atoms with Crippen LogP contribution in [0.15, 0.2) is 66.7 Å². The van der Waals surface area contributed by atoms with E-state index in [4.69, 9.17) is 4.74 Å². The number of aryl methyl sites for hydroxylation is 1. The molecule has 0 spiro atoms. The Kier molecular flexibility index (Phi) is 7.79. The first-order valence-electron chi connectivity index (χ1n) is 14.4. The van der Waals surface area contributed by atoms with E-state index in [9.17, 15) is 20.0 Å². The zero-order valence-electron chi connectivity index (χ0n) is 23.9. The van der Waals surface area contributed by atoms with Crippen LogP contribution in [0.2, 0.25) is 0 Å². The summed E-state index contributed by atoms with van der Waals surface area (Å²) in [6, 6.07) is 23.7. The highest BCUT2D eigenvalue weighted by molar-refractivity contribution is 5.97. The van der Waals surface area contributed by atoms with Crippen LogP contribution >= 0.6 is 0 Å². The molecule has 43 heavy (non-hydrogen) atoms. The second kappa shape index (κ2) is 12.0. The number of fused-ring (bicyclic) bond motifs is 2. The third-order valence-corrected chi connectivity index (χ3v) is 8.22. The molecule has 0 saturated carbocycles. The number of anilines is 2. The molecule has 1 unspecified atom stereocenters. The lowest BCUT2D eigenvalue weighted by Crippen LogP contribution is -2.56. The van der Waals surface area contributed by atoms with Crippen LogP contribution in [0.4, 0.5) is 16.3 Å². The molecule has 2 aliphatic heterocycles. The first kappa shape index (κ1) is 28.0. The van der Waals surface area contributed by atoms with Crippen molar-refractivity contribution >= 4 is 34.3 Å². The van der Waals surface area contributed by atoms with Crippen molar-refractivity contribution in [2.75, 3.05) is 36.0 Å². The van der Waals surface area contributed by atoms with Crippen LogP contribution in [-0.2, 0) is 24.3 Å². The summed E-state index contributed by atoms with van der Waals surface area (Å²) in [5.41, 5.74) is 4.75. The fourth-order valence-corrected chi connectivity index (χ4v) is 6.11. The summed E-state index contributed by atoms with van der Waals surface area (Å²) < 4.78 is 5.57. The second-order valence-corrected chi connectivity index (χ2v) is 10.9. The molecular weight excluding hydrogens is 544 g/mol. The van der Waals surface area contributed by atoms with E-state index in [2.05, 4.69) is 52.1 Å². The molecule has 1 atom stereocenters. The molecule has 10 nitrogen and oxygen atoms in total. The predicted octanol–water partition coefficient (Wildman–Crippen LogP) is 4.94. The molecule has 0 radical (unpaired) electrons. The van der Waals surface area contributed by atoms with Gasteiger partial charge in [-0.25, -0.2) is 19.6 Å². The molecule has 1 aromatic heterocycles. The van der Waals surface area contributed by atoms with Gasteiger partial charge in [-0.05, 0) is 35.9 Å². The number of aromatic carboxylic acids is 1. The maximum atomic E-state index is 13.0. The first-order chi connectivity index (χ1) is 20.9. The van der Waals surface area contributed by atoms with Crippen LogP contribution in [0.3, 0.4) is 0 Å². The number of nitrogens with zero attached hydrogens (tertiary/aromatic N) is 6. The number of carboxylic acids is 1. The average molecular weight is 577 g/mol. The van der Waals surface area contributed by atoms with E-state index >= 15 is 0 Å². The Morgan fingerprint density at radius 3 is 2.56 bits per heavy atom. The van der Waals surface area contributed by atoms with Crippen LogP contribution in [-0.4, -0.2) is 64.3 Å². The lowest BCUT2D eigenvalue weighted by Gasteiger charge is -2.42. The molecule has 0 aliphatic carbocycles. The van der Waals surface area contributed by atoms with E-state index in [1.165, 1.54) is 10.9 Å². The van der Waals surface area contributed by atoms with Crippen molar-refractivity contribution in [1.29, 1.82) is 5.26 Å². The Morgan fingerprint density at radius 2 is 1.79 bits per heavy atom. The van der Waals surface area contributed by atoms with Crippen LogP contribution in [0.1, 0.15) is 39.4 Å². The summed E-state index contributed by atoms with van der Waals surface area (Å²) in [5.74, 6) is -0.887. The van der Waals surface area contributed by atoms with E-state index in [1.807, 2.05) is 47.4 Å². The highest BCUT2D eigenvalue weighted by atomic mass is 16.6. The third-order valence-electron chi connectivity index (χ3n) is 8.22. The van der Waals surface area contributed by atoms with Gasteiger partial charge in [0.2, 0.25) is 5.82 Å². The van der Waals surface area contributed by atoms with Crippen molar-refractivity contribution in [2.24, 2.45) is 0 Å². The molecule has 0 bridgehead atoms. The van der Waals surface area contributed by atoms with E-state index in [0.29, 0.717) is 44.1 Å². The Labute approximate surface area is 249 Å². The monoisotopic (exact) mass is 576 g/mol. The van der Waals surface area contributed by atoms with Crippen molar-refractivity contribution in [2.45, 2.75) is 39.0 Å². The number of piperazine rings is 1. The van der Waals surface area contributed by atoms with Crippen LogP contribution in [0.5, 0.6) is 0 Å². The lowest BCUT2D eigenvalue weighted by molar-refractivity contribution is 0.0683. The van der Waals surface area contributed by atoms with Crippen molar-refractivity contribution in [3.63, 3.8) is 0 Å². The number of benzene rings is 3. The Balaban J connectivity index is 1.26. The molecule has 218 valence electrons. The second-order valence-electron chi connectivity index (χ2n) is 10.9. The maximum Gasteiger partial charge on any atom is 0.410 e. The zero-order chi connectivity index (χ0) is 29.9. The maximum absolute atomic E-state index is 13.0. The molecule has 2 aliphatic rings. The minimum Gasteiger partial charge on any atom is -0.475 e. The Hall–Kier alpha value is -5.17. The van der Waals surface area contributed by atoms with Gasteiger partial charge in [-0.3, -0.25) is 0 Å². The van der Waals surface area contributed by atoms with Gasteiger partial charge in [0.1, 0.15) is 12.4 Å². The van der Waals surface area contributed by atoms with E-state index < -0.39 is 18.1 Å². The van der Waals surface area contributed by atoms with Crippen molar-refractivity contribution in [3.8, 4) is 6.07 Å². The van der Waals surface area contributed by atoms with Gasteiger partial charge in [0.15, 0.2) is 0 Å². The summed E-state index contributed by atoms with van der Waals surface area (Å²) in [7, 11) is 0. The summed E-state index contributed by atoms with van der Waals surface area (Å²) in [4.78, 5) is 40.0. The number of carboxylic acid groups (broad SMARTS) is 1. The van der Waals surface area contributed by atoms with Gasteiger partial charge in [-0.1, -0.05) is 60.7 Å². The number of carbonyl (C=O) groups is 2. The minimum atomic E-state index is -1.20. The smallest absolute Gasteiger partial charge is 0.410 e. The molecule has 1 amide bonds. The topological polar surface area (TPSA) is 123 Å². The number of carbonyl (C=O) groups excluding carboxylic acids is 1. The zero-order valence-corrected chi connectivity index (χ0v) is 23.9. The van der Waals surface area contributed by atoms with E-state index in [-0.39, 0.29) is 18.9 Å². The predicted molar refractivity (Wildman–Crippen MR) is 162 cm³/mol. The molecule has 4 aromatic rings. The highest BCUT2D eigenvalue weighted by Gasteiger charge is 2.35. The number of hydrogen-bond acceptors (Lipinski definition) is 8. The fraction of sp³-hybridized carbons (Fsp3) is 0.303.